The summed E-state index contributed by atoms with van der Waals surface area (Å²) in [6.07, 6.45) is -0.467. The summed E-state index contributed by atoms with van der Waals surface area (Å²) >= 11 is 0. The number of rotatable bonds is 3. The minimum absolute atomic E-state index is 0.0692. The van der Waals surface area contributed by atoms with E-state index in [9.17, 15) is 9.90 Å². The summed E-state index contributed by atoms with van der Waals surface area (Å²) in [7, 11) is 3.16. The normalized spacial score (nSPS) is 27.6. The second-order valence-corrected chi connectivity index (χ2v) is 3.23. The molecule has 0 aromatic carbocycles. The third kappa shape index (κ3) is 2.40. The van der Waals surface area contributed by atoms with Crippen LogP contribution in [0.15, 0.2) is 0 Å². The number of carbonyl (C=O) groups is 1. The molecule has 13 heavy (non-hydrogen) atoms. The van der Waals surface area contributed by atoms with Crippen LogP contribution < -0.4 is 5.32 Å². The average Bonchev–Trinajstić information content (AvgIpc) is 2.50. The molecule has 0 radical (unpaired) electrons. The summed E-state index contributed by atoms with van der Waals surface area (Å²) in [5, 5.41) is 12.5. The molecule has 0 aliphatic carbocycles. The monoisotopic (exact) mass is 188 g/mol. The summed E-state index contributed by atoms with van der Waals surface area (Å²) in [4.78, 5) is 12.9. The lowest BCUT2D eigenvalue weighted by atomic mass is 10.2. The van der Waals surface area contributed by atoms with Crippen molar-refractivity contribution in [1.29, 1.82) is 0 Å². The molecule has 1 saturated heterocycles. The van der Waals surface area contributed by atoms with Crippen molar-refractivity contribution >= 4 is 5.91 Å². The third-order valence-electron chi connectivity index (χ3n) is 2.31. The fourth-order valence-corrected chi connectivity index (χ4v) is 1.46. The molecule has 2 unspecified atom stereocenters. The van der Waals surface area contributed by atoms with Crippen LogP contribution in [-0.4, -0.2) is 61.9 Å². The summed E-state index contributed by atoms with van der Waals surface area (Å²) in [5.41, 5.74) is 0. The molecule has 0 aromatic rings. The Balaban J connectivity index is 2.45. The Kier molecular flexibility index (Phi) is 3.65. The van der Waals surface area contributed by atoms with Gasteiger partial charge in [-0.15, -0.1) is 0 Å². The van der Waals surface area contributed by atoms with Crippen LogP contribution in [0.5, 0.6) is 0 Å². The number of aliphatic hydroxyl groups is 1. The number of hydrogen-bond donors (Lipinski definition) is 2. The van der Waals surface area contributed by atoms with E-state index in [4.69, 9.17) is 4.74 Å². The largest absolute Gasteiger partial charge is 0.390 e. The minimum atomic E-state index is -0.467. The van der Waals surface area contributed by atoms with Crippen molar-refractivity contribution < 1.29 is 14.6 Å². The van der Waals surface area contributed by atoms with Crippen molar-refractivity contribution in [3.8, 4) is 0 Å². The molecule has 1 aliphatic heterocycles. The van der Waals surface area contributed by atoms with Crippen molar-refractivity contribution in [3.05, 3.63) is 0 Å². The first-order valence-corrected chi connectivity index (χ1v) is 4.30. The molecule has 76 valence electrons. The van der Waals surface area contributed by atoms with Crippen LogP contribution in [0.2, 0.25) is 0 Å². The Labute approximate surface area is 77.7 Å². The number of nitrogens with zero attached hydrogens (tertiary/aromatic N) is 1. The van der Waals surface area contributed by atoms with Crippen LogP contribution in [0.4, 0.5) is 0 Å². The summed E-state index contributed by atoms with van der Waals surface area (Å²) in [6.45, 7) is 1.27. The van der Waals surface area contributed by atoms with Gasteiger partial charge in [0.25, 0.3) is 0 Å². The van der Waals surface area contributed by atoms with E-state index >= 15 is 0 Å². The van der Waals surface area contributed by atoms with E-state index < -0.39 is 6.10 Å². The van der Waals surface area contributed by atoms with Gasteiger partial charge in [-0.05, 0) is 0 Å². The van der Waals surface area contributed by atoms with E-state index in [1.165, 1.54) is 12.0 Å². The van der Waals surface area contributed by atoms with Crippen LogP contribution in [0.1, 0.15) is 0 Å². The van der Waals surface area contributed by atoms with Gasteiger partial charge in [-0.2, -0.15) is 0 Å². The molecular formula is C8H16N2O3. The number of likely N-dealkylation sites (N-methyl/N-ethyl adjacent to an activating group) is 1. The van der Waals surface area contributed by atoms with Crippen LogP contribution in [-0.2, 0) is 9.53 Å². The predicted octanol–water partition coefficient (Wildman–Crippen LogP) is -1.58. The summed E-state index contributed by atoms with van der Waals surface area (Å²) in [6, 6.07) is -0.123. The van der Waals surface area contributed by atoms with E-state index in [2.05, 4.69) is 5.32 Å². The van der Waals surface area contributed by atoms with Crippen molar-refractivity contribution in [2.45, 2.75) is 12.1 Å². The van der Waals surface area contributed by atoms with Crippen molar-refractivity contribution in [2.24, 2.45) is 0 Å². The fraction of sp³-hybridized carbons (Fsp3) is 0.875. The Morgan fingerprint density at radius 2 is 2.38 bits per heavy atom. The number of ether oxygens (including phenoxy) is 1. The average molecular weight is 188 g/mol. The van der Waals surface area contributed by atoms with E-state index in [0.717, 1.165) is 0 Å². The Bertz CT molecular complexity index is 186. The van der Waals surface area contributed by atoms with Crippen LogP contribution in [0, 0.1) is 0 Å². The quantitative estimate of drug-likeness (QED) is 0.561. The fourth-order valence-electron chi connectivity index (χ4n) is 1.46. The zero-order valence-electron chi connectivity index (χ0n) is 7.99. The van der Waals surface area contributed by atoms with Gasteiger partial charge < -0.3 is 20.1 Å². The first kappa shape index (κ1) is 10.4. The van der Waals surface area contributed by atoms with E-state index in [1.54, 1.807) is 7.05 Å². The minimum Gasteiger partial charge on any atom is -0.390 e. The molecule has 2 N–H and O–H groups in total. The van der Waals surface area contributed by atoms with Crippen molar-refractivity contribution in [3.63, 3.8) is 0 Å². The highest BCUT2D eigenvalue weighted by Crippen LogP contribution is 2.07. The van der Waals surface area contributed by atoms with Gasteiger partial charge in [0.15, 0.2) is 0 Å². The molecule has 1 amide bonds. The van der Waals surface area contributed by atoms with E-state index in [1.807, 2.05) is 0 Å². The molecule has 2 atom stereocenters. The van der Waals surface area contributed by atoms with Crippen LogP contribution in [0.3, 0.4) is 0 Å². The molecule has 0 spiro atoms. The van der Waals surface area contributed by atoms with Gasteiger partial charge in [0.1, 0.15) is 6.61 Å². The zero-order chi connectivity index (χ0) is 9.84. The maximum Gasteiger partial charge on any atom is 0.248 e. The van der Waals surface area contributed by atoms with Crippen LogP contribution in [0.25, 0.3) is 0 Å². The number of aliphatic hydroxyl groups excluding tert-OH is 1. The Hall–Kier alpha value is -0.650. The highest BCUT2D eigenvalue weighted by atomic mass is 16.5. The van der Waals surface area contributed by atoms with E-state index in [-0.39, 0.29) is 18.6 Å². The van der Waals surface area contributed by atoms with Crippen molar-refractivity contribution in [1.82, 2.24) is 10.2 Å². The Morgan fingerprint density at radius 3 is 2.85 bits per heavy atom. The number of amides is 1. The maximum atomic E-state index is 11.3. The topological polar surface area (TPSA) is 61.8 Å². The van der Waals surface area contributed by atoms with Crippen molar-refractivity contribution in [2.75, 3.05) is 33.9 Å². The summed E-state index contributed by atoms with van der Waals surface area (Å²) < 4.78 is 4.73. The van der Waals surface area contributed by atoms with Gasteiger partial charge in [-0.1, -0.05) is 0 Å². The molecule has 1 rings (SSSR count). The standard InChI is InChI=1S/C8H16N2O3/c1-10(8(12)5-13-2)6-3-9-4-7(6)11/h6-7,9,11H,3-5H2,1-2H3. The number of methoxy groups -OCH3 is 1. The molecule has 1 heterocycles. The van der Waals surface area contributed by atoms with Crippen LogP contribution >= 0.6 is 0 Å². The number of hydrogen-bond acceptors (Lipinski definition) is 4. The maximum absolute atomic E-state index is 11.3. The Morgan fingerprint density at radius 1 is 1.69 bits per heavy atom. The molecule has 1 fully saturated rings. The van der Waals surface area contributed by atoms with Gasteiger partial charge in [0.05, 0.1) is 12.1 Å². The van der Waals surface area contributed by atoms with Gasteiger partial charge in [0, 0.05) is 27.2 Å². The SMILES string of the molecule is COCC(=O)N(C)C1CNCC1O. The van der Waals surface area contributed by atoms with E-state index in [0.29, 0.717) is 13.1 Å². The van der Waals surface area contributed by atoms with Gasteiger partial charge >= 0.3 is 0 Å². The lowest BCUT2D eigenvalue weighted by molar-refractivity contribution is -0.137. The first-order valence-electron chi connectivity index (χ1n) is 4.30. The third-order valence-corrected chi connectivity index (χ3v) is 2.31. The molecular weight excluding hydrogens is 172 g/mol. The zero-order valence-corrected chi connectivity index (χ0v) is 7.99. The highest BCUT2D eigenvalue weighted by molar-refractivity contribution is 5.77. The molecule has 1 aliphatic rings. The second kappa shape index (κ2) is 4.55. The summed E-state index contributed by atoms with van der Waals surface area (Å²) in [5.74, 6) is -0.102. The number of nitrogens with one attached hydrogen (secondary N) is 1. The van der Waals surface area contributed by atoms with Gasteiger partial charge in [-0.3, -0.25) is 4.79 Å². The van der Waals surface area contributed by atoms with Gasteiger partial charge in [0.2, 0.25) is 5.91 Å². The molecule has 0 aromatic heterocycles. The molecule has 5 heteroatoms. The smallest absolute Gasteiger partial charge is 0.248 e. The molecule has 5 nitrogen and oxygen atoms in total. The highest BCUT2D eigenvalue weighted by Gasteiger charge is 2.30. The number of β-amino-alcohol motifs (C(OH)–C–C–N with tert-alkyl or cyclic N) is 1. The molecule has 0 bridgehead atoms. The van der Waals surface area contributed by atoms with Gasteiger partial charge in [-0.25, -0.2) is 0 Å². The first-order chi connectivity index (χ1) is 6.16. The second-order valence-electron chi connectivity index (χ2n) is 3.23. The number of carbonyl (C=O) groups excluding carboxylic acids is 1. The lowest BCUT2D eigenvalue weighted by Crippen LogP contribution is -2.45. The lowest BCUT2D eigenvalue weighted by Gasteiger charge is -2.25. The predicted molar refractivity (Wildman–Crippen MR) is 47.3 cm³/mol. The molecule has 0 saturated carbocycles.